The van der Waals surface area contributed by atoms with Crippen molar-refractivity contribution in [1.82, 2.24) is 9.97 Å². The molecular weight excluding hydrogens is 571 g/mol. The van der Waals surface area contributed by atoms with E-state index in [0.717, 1.165) is 17.2 Å². The average Bonchev–Trinajstić information content (AvgIpc) is 3.14. The summed E-state index contributed by atoms with van der Waals surface area (Å²) in [5, 5.41) is 9.78. The Morgan fingerprint density at radius 1 is 0.383 bits per heavy atom. The van der Waals surface area contributed by atoms with Crippen molar-refractivity contribution in [2.45, 2.75) is 0 Å². The summed E-state index contributed by atoms with van der Waals surface area (Å²) in [6.07, 6.45) is 5.54. The summed E-state index contributed by atoms with van der Waals surface area (Å²) < 4.78 is 0. The predicted octanol–water partition coefficient (Wildman–Crippen LogP) is 11.9. The zero-order valence-electron chi connectivity index (χ0n) is 25.6. The van der Waals surface area contributed by atoms with Gasteiger partial charge in [-0.15, -0.1) is 0 Å². The van der Waals surface area contributed by atoms with Crippen molar-refractivity contribution in [1.29, 1.82) is 0 Å². The van der Waals surface area contributed by atoms with E-state index in [1.54, 1.807) is 6.20 Å². The van der Waals surface area contributed by atoms with E-state index < -0.39 is 0 Å². The lowest BCUT2D eigenvalue weighted by atomic mass is 9.85. The lowest BCUT2D eigenvalue weighted by molar-refractivity contribution is 1.16. The fourth-order valence-corrected chi connectivity index (χ4v) is 7.00. The van der Waals surface area contributed by atoms with Crippen LogP contribution in [0.15, 0.2) is 176 Å². The first kappa shape index (κ1) is 27.0. The highest BCUT2D eigenvalue weighted by molar-refractivity contribution is 6.22. The molecule has 0 amide bonds. The Kier molecular flexibility index (Phi) is 6.46. The minimum absolute atomic E-state index is 0.836. The maximum Gasteiger partial charge on any atom is 0.137 e. The van der Waals surface area contributed by atoms with E-state index in [1.165, 1.54) is 65.3 Å². The second-order valence-corrected chi connectivity index (χ2v) is 11.9. The third-order valence-corrected chi connectivity index (χ3v) is 9.12. The Balaban J connectivity index is 1.40. The van der Waals surface area contributed by atoms with Crippen LogP contribution in [0.25, 0.3) is 65.3 Å². The van der Waals surface area contributed by atoms with Crippen molar-refractivity contribution in [3.8, 4) is 22.3 Å². The standard InChI is InChI=1S/C44H29N3/c1-3-12-32-26-34(20-18-30(32)10-1)43-38-15-5-6-16-39(38)44(35-21-19-31-11-2-4-13-33(31)27-35)41-28-36(22-23-40(41)43)47(37-14-9-24-45-29-37)42-17-7-8-25-46-42/h1-29H. The summed E-state index contributed by atoms with van der Waals surface area (Å²) in [5.41, 5.74) is 6.83. The maximum absolute atomic E-state index is 4.77. The number of hydrogen-bond acceptors (Lipinski definition) is 3. The van der Waals surface area contributed by atoms with E-state index >= 15 is 0 Å². The van der Waals surface area contributed by atoms with Gasteiger partial charge in [-0.3, -0.25) is 9.88 Å². The maximum atomic E-state index is 4.77. The number of anilines is 3. The number of pyridine rings is 2. The SMILES string of the molecule is c1ccc(N(c2cccnc2)c2ccc3c(-c4ccc5ccccc5c4)c4ccccc4c(-c4ccc5ccccc5c4)c3c2)nc1. The summed E-state index contributed by atoms with van der Waals surface area (Å²) in [7, 11) is 0. The number of benzene rings is 7. The summed E-state index contributed by atoms with van der Waals surface area (Å²) in [6.45, 7) is 0. The molecule has 2 heterocycles. The fourth-order valence-electron chi connectivity index (χ4n) is 7.00. The summed E-state index contributed by atoms with van der Waals surface area (Å²) >= 11 is 0. The molecule has 0 bridgehead atoms. The molecule has 0 aliphatic rings. The second-order valence-electron chi connectivity index (χ2n) is 11.9. The van der Waals surface area contributed by atoms with Crippen molar-refractivity contribution in [3.05, 3.63) is 176 Å². The van der Waals surface area contributed by atoms with Gasteiger partial charge in [0.2, 0.25) is 0 Å². The highest BCUT2D eigenvalue weighted by atomic mass is 15.2. The highest BCUT2D eigenvalue weighted by Gasteiger charge is 2.20. The van der Waals surface area contributed by atoms with Crippen LogP contribution >= 0.6 is 0 Å². The first-order valence-corrected chi connectivity index (χ1v) is 15.9. The number of aromatic nitrogens is 2. The van der Waals surface area contributed by atoms with Crippen LogP contribution in [0, 0.1) is 0 Å². The summed E-state index contributed by atoms with van der Waals surface area (Å²) in [4.78, 5) is 11.4. The van der Waals surface area contributed by atoms with Crippen molar-refractivity contribution < 1.29 is 0 Å². The van der Waals surface area contributed by atoms with Crippen LogP contribution in [0.4, 0.5) is 17.2 Å². The molecule has 0 fully saturated rings. The van der Waals surface area contributed by atoms with Gasteiger partial charge in [-0.25, -0.2) is 4.98 Å². The van der Waals surface area contributed by atoms with Gasteiger partial charge >= 0.3 is 0 Å². The van der Waals surface area contributed by atoms with Crippen LogP contribution < -0.4 is 4.90 Å². The molecule has 0 radical (unpaired) electrons. The fraction of sp³-hybridized carbons (Fsp3) is 0. The van der Waals surface area contributed by atoms with Gasteiger partial charge in [-0.2, -0.15) is 0 Å². The quantitative estimate of drug-likeness (QED) is 0.184. The third-order valence-electron chi connectivity index (χ3n) is 9.12. The lowest BCUT2D eigenvalue weighted by Crippen LogP contribution is -2.11. The molecule has 3 nitrogen and oxygen atoms in total. The van der Waals surface area contributed by atoms with Crippen LogP contribution in [-0.4, -0.2) is 9.97 Å². The van der Waals surface area contributed by atoms with Crippen molar-refractivity contribution in [3.63, 3.8) is 0 Å². The number of nitrogens with zero attached hydrogens (tertiary/aromatic N) is 3. The van der Waals surface area contributed by atoms with Gasteiger partial charge in [0.05, 0.1) is 11.9 Å². The van der Waals surface area contributed by atoms with Gasteiger partial charge in [0.25, 0.3) is 0 Å². The molecule has 0 aliphatic carbocycles. The molecule has 3 heteroatoms. The predicted molar refractivity (Wildman–Crippen MR) is 198 cm³/mol. The number of rotatable bonds is 5. The third kappa shape index (κ3) is 4.68. The van der Waals surface area contributed by atoms with E-state index in [4.69, 9.17) is 4.98 Å². The largest absolute Gasteiger partial charge is 0.293 e. The van der Waals surface area contributed by atoms with Crippen LogP contribution in [0.5, 0.6) is 0 Å². The van der Waals surface area contributed by atoms with Crippen molar-refractivity contribution in [2.75, 3.05) is 4.90 Å². The van der Waals surface area contributed by atoms with Gasteiger partial charge in [-0.05, 0) is 114 Å². The number of hydrogen-bond donors (Lipinski definition) is 0. The van der Waals surface area contributed by atoms with Crippen molar-refractivity contribution >= 4 is 60.3 Å². The first-order chi connectivity index (χ1) is 23.3. The van der Waals surface area contributed by atoms with Crippen molar-refractivity contribution in [2.24, 2.45) is 0 Å². The van der Waals surface area contributed by atoms with Crippen LogP contribution in [0.2, 0.25) is 0 Å². The van der Waals surface area contributed by atoms with Gasteiger partial charge in [-0.1, -0.05) is 109 Å². The molecule has 0 saturated heterocycles. The summed E-state index contributed by atoms with van der Waals surface area (Å²) in [6, 6.07) is 56.6. The van der Waals surface area contributed by atoms with E-state index in [0.29, 0.717) is 0 Å². The molecule has 0 unspecified atom stereocenters. The minimum atomic E-state index is 0.836. The van der Waals surface area contributed by atoms with Gasteiger partial charge in [0.1, 0.15) is 5.82 Å². The van der Waals surface area contributed by atoms with Crippen LogP contribution in [-0.2, 0) is 0 Å². The summed E-state index contributed by atoms with van der Waals surface area (Å²) in [5.74, 6) is 0.836. The molecular formula is C44H29N3. The monoisotopic (exact) mass is 599 g/mol. The molecule has 7 aromatic carbocycles. The Labute approximate surface area is 273 Å². The Hall–Kier alpha value is -6.32. The smallest absolute Gasteiger partial charge is 0.137 e. The Morgan fingerprint density at radius 3 is 1.60 bits per heavy atom. The normalized spacial score (nSPS) is 11.4. The first-order valence-electron chi connectivity index (χ1n) is 15.9. The molecule has 9 rings (SSSR count). The molecule has 0 atom stereocenters. The minimum Gasteiger partial charge on any atom is -0.293 e. The van der Waals surface area contributed by atoms with E-state index in [1.807, 2.05) is 36.7 Å². The topological polar surface area (TPSA) is 29.0 Å². The zero-order valence-corrected chi connectivity index (χ0v) is 25.6. The van der Waals surface area contributed by atoms with Crippen LogP contribution in [0.3, 0.4) is 0 Å². The highest BCUT2D eigenvalue weighted by Crippen LogP contribution is 2.46. The molecule has 220 valence electrons. The van der Waals surface area contributed by atoms with E-state index in [2.05, 4.69) is 143 Å². The van der Waals surface area contributed by atoms with Crippen LogP contribution in [0.1, 0.15) is 0 Å². The van der Waals surface area contributed by atoms with E-state index in [9.17, 15) is 0 Å². The van der Waals surface area contributed by atoms with Gasteiger partial charge in [0.15, 0.2) is 0 Å². The Morgan fingerprint density at radius 2 is 0.979 bits per heavy atom. The second kappa shape index (κ2) is 11.2. The lowest BCUT2D eigenvalue weighted by Gasteiger charge is -2.25. The molecule has 0 saturated carbocycles. The molecule has 0 spiro atoms. The zero-order chi connectivity index (χ0) is 31.2. The molecule has 0 N–H and O–H groups in total. The van der Waals surface area contributed by atoms with Gasteiger partial charge < -0.3 is 0 Å². The average molecular weight is 600 g/mol. The molecule has 9 aromatic rings. The Bertz CT molecular complexity index is 2540. The molecule has 2 aromatic heterocycles. The number of fused-ring (bicyclic) bond motifs is 4. The van der Waals surface area contributed by atoms with E-state index in [-0.39, 0.29) is 0 Å². The van der Waals surface area contributed by atoms with Gasteiger partial charge in [0, 0.05) is 18.1 Å². The molecule has 47 heavy (non-hydrogen) atoms. The molecule has 0 aliphatic heterocycles.